The Balaban J connectivity index is 1.98. The van der Waals surface area contributed by atoms with Crippen molar-refractivity contribution in [2.75, 3.05) is 6.54 Å². The summed E-state index contributed by atoms with van der Waals surface area (Å²) in [6, 6.07) is 2.26. The van der Waals surface area contributed by atoms with E-state index >= 15 is 0 Å². The third-order valence-corrected chi connectivity index (χ3v) is 5.78. The van der Waals surface area contributed by atoms with Crippen molar-refractivity contribution in [2.24, 2.45) is 22.2 Å². The number of carbonyl (C=O) groups is 5. The lowest BCUT2D eigenvalue weighted by atomic mass is 10.0. The molecule has 12 N–H and O–H groups in total. The van der Waals surface area contributed by atoms with Crippen molar-refractivity contribution >= 4 is 46.5 Å². The summed E-state index contributed by atoms with van der Waals surface area (Å²) in [5.41, 5.74) is 18.1. The van der Waals surface area contributed by atoms with Crippen LogP contribution in [0.15, 0.2) is 35.5 Å². The lowest BCUT2D eigenvalue weighted by Gasteiger charge is -2.22. The molecule has 0 aliphatic rings. The summed E-state index contributed by atoms with van der Waals surface area (Å²) in [7, 11) is 0. The van der Waals surface area contributed by atoms with Gasteiger partial charge in [-0.15, -0.1) is 0 Å². The summed E-state index contributed by atoms with van der Waals surface area (Å²) in [4.78, 5) is 67.6. The van der Waals surface area contributed by atoms with Gasteiger partial charge in [0.1, 0.15) is 18.1 Å². The largest absolute Gasteiger partial charge is 0.481 e. The zero-order valence-corrected chi connectivity index (χ0v) is 21.3. The molecular formula is C24H34N8O7. The van der Waals surface area contributed by atoms with Crippen LogP contribution in [0.1, 0.15) is 31.7 Å². The minimum atomic E-state index is -1.53. The molecule has 15 nitrogen and oxygen atoms in total. The summed E-state index contributed by atoms with van der Waals surface area (Å²) in [6.07, 6.45) is 1.35. The lowest BCUT2D eigenvalue weighted by molar-refractivity contribution is -0.143. The Bertz CT molecular complexity index is 1220. The first-order chi connectivity index (χ1) is 18.4. The average Bonchev–Trinajstić information content (AvgIpc) is 3.27. The van der Waals surface area contributed by atoms with Crippen molar-refractivity contribution in [3.63, 3.8) is 0 Å². The molecule has 1 heterocycles. The predicted octanol–water partition coefficient (Wildman–Crippen LogP) is -1.88. The number of aliphatic carboxylic acids is 2. The maximum atomic E-state index is 12.8. The fourth-order valence-corrected chi connectivity index (χ4v) is 3.73. The number of guanidine groups is 1. The van der Waals surface area contributed by atoms with E-state index in [4.69, 9.17) is 17.2 Å². The van der Waals surface area contributed by atoms with Gasteiger partial charge in [0.05, 0.1) is 12.5 Å². The second-order valence-corrected chi connectivity index (χ2v) is 8.91. The topological polar surface area (TPSA) is 268 Å². The van der Waals surface area contributed by atoms with Gasteiger partial charge in [-0.1, -0.05) is 18.2 Å². The molecule has 0 saturated heterocycles. The number of benzene rings is 1. The van der Waals surface area contributed by atoms with Crippen molar-refractivity contribution in [1.29, 1.82) is 0 Å². The van der Waals surface area contributed by atoms with Crippen LogP contribution in [-0.4, -0.2) is 81.5 Å². The maximum Gasteiger partial charge on any atom is 0.326 e. The Morgan fingerprint density at radius 2 is 1.64 bits per heavy atom. The summed E-state index contributed by atoms with van der Waals surface area (Å²) in [5, 5.41) is 26.4. The number of rotatable bonds is 15. The van der Waals surface area contributed by atoms with Gasteiger partial charge in [-0.05, 0) is 37.8 Å². The number of hydrogen-bond acceptors (Lipinski definition) is 7. The molecule has 0 spiro atoms. The fourth-order valence-electron chi connectivity index (χ4n) is 3.73. The van der Waals surface area contributed by atoms with E-state index in [0.29, 0.717) is 0 Å². The summed E-state index contributed by atoms with van der Waals surface area (Å²) in [6.45, 7) is 1.45. The fraction of sp³-hybridized carbons (Fsp3) is 0.417. The molecule has 0 aliphatic heterocycles. The van der Waals surface area contributed by atoms with E-state index < -0.39 is 60.2 Å². The molecular weight excluding hydrogens is 512 g/mol. The zero-order valence-electron chi connectivity index (χ0n) is 21.3. The van der Waals surface area contributed by atoms with E-state index in [1.54, 1.807) is 6.20 Å². The van der Waals surface area contributed by atoms with E-state index in [2.05, 4.69) is 25.9 Å². The number of nitrogens with one attached hydrogen (secondary N) is 4. The van der Waals surface area contributed by atoms with Gasteiger partial charge in [0.2, 0.25) is 17.7 Å². The maximum absolute atomic E-state index is 12.8. The molecule has 15 heteroatoms. The van der Waals surface area contributed by atoms with Crippen molar-refractivity contribution in [1.82, 2.24) is 20.9 Å². The highest BCUT2D eigenvalue weighted by atomic mass is 16.4. The van der Waals surface area contributed by atoms with Gasteiger partial charge in [-0.3, -0.25) is 24.2 Å². The van der Waals surface area contributed by atoms with Crippen molar-refractivity contribution in [2.45, 2.75) is 56.8 Å². The van der Waals surface area contributed by atoms with Crippen LogP contribution in [0.2, 0.25) is 0 Å². The summed E-state index contributed by atoms with van der Waals surface area (Å²) >= 11 is 0. The number of aromatic nitrogens is 1. The van der Waals surface area contributed by atoms with Gasteiger partial charge in [0.15, 0.2) is 5.96 Å². The van der Waals surface area contributed by atoms with Gasteiger partial charge < -0.3 is 48.3 Å². The molecule has 0 saturated carbocycles. The highest BCUT2D eigenvalue weighted by Crippen LogP contribution is 2.18. The van der Waals surface area contributed by atoms with Crippen LogP contribution in [0, 0.1) is 0 Å². The lowest BCUT2D eigenvalue weighted by Crippen LogP contribution is -2.57. The third-order valence-electron chi connectivity index (χ3n) is 5.78. The molecule has 1 aromatic heterocycles. The van der Waals surface area contributed by atoms with Gasteiger partial charge in [-0.2, -0.15) is 0 Å². The van der Waals surface area contributed by atoms with Crippen LogP contribution in [0.4, 0.5) is 0 Å². The average molecular weight is 547 g/mol. The quantitative estimate of drug-likeness (QED) is 0.0681. The first-order valence-corrected chi connectivity index (χ1v) is 12.1. The van der Waals surface area contributed by atoms with Crippen LogP contribution in [-0.2, 0) is 30.4 Å². The van der Waals surface area contributed by atoms with E-state index in [-0.39, 0.29) is 31.8 Å². The molecule has 0 aliphatic carbocycles. The minimum absolute atomic E-state index is 0.0184. The van der Waals surface area contributed by atoms with Crippen LogP contribution in [0.25, 0.3) is 10.9 Å². The number of amides is 3. The molecule has 1 aromatic carbocycles. The zero-order chi connectivity index (χ0) is 29.1. The molecule has 0 radical (unpaired) electrons. The molecule has 2 rings (SSSR count). The van der Waals surface area contributed by atoms with Crippen molar-refractivity contribution in [3.8, 4) is 0 Å². The van der Waals surface area contributed by atoms with E-state index in [1.807, 2.05) is 24.3 Å². The van der Waals surface area contributed by atoms with Crippen LogP contribution in [0.5, 0.6) is 0 Å². The van der Waals surface area contributed by atoms with E-state index in [0.717, 1.165) is 16.5 Å². The SMILES string of the molecule is CC(NC(=O)C(CC(=O)O)NC(=O)C(N)Cc1c[nH]c2ccccc12)C(=O)NC(CCCN=C(N)N)C(=O)O. The van der Waals surface area contributed by atoms with Crippen molar-refractivity contribution < 1.29 is 34.2 Å². The minimum Gasteiger partial charge on any atom is -0.481 e. The van der Waals surface area contributed by atoms with Gasteiger partial charge in [0.25, 0.3) is 0 Å². The molecule has 3 amide bonds. The second-order valence-electron chi connectivity index (χ2n) is 8.91. The Morgan fingerprint density at radius 3 is 2.28 bits per heavy atom. The standard InChI is InChI=1S/C24H34N8O7/c1-12(20(35)31-17(23(38)39)7-4-8-28-24(26)27)30-22(37)18(10-19(33)34)32-21(36)15(25)9-13-11-29-16-6-3-2-5-14(13)16/h2-3,5-6,11-12,15,17-18,29H,4,7-10,25H2,1H3,(H,30,37)(H,31,35)(H,32,36)(H,33,34)(H,38,39)(H4,26,27,28). The highest BCUT2D eigenvalue weighted by Gasteiger charge is 2.30. The smallest absolute Gasteiger partial charge is 0.326 e. The number of aliphatic imine (C=N–C) groups is 1. The number of hydrogen-bond donors (Lipinski definition) is 9. The number of carbonyl (C=O) groups excluding carboxylic acids is 3. The molecule has 4 atom stereocenters. The third kappa shape index (κ3) is 9.62. The Morgan fingerprint density at radius 1 is 0.974 bits per heavy atom. The Labute approximate surface area is 223 Å². The highest BCUT2D eigenvalue weighted by molar-refractivity contribution is 5.95. The summed E-state index contributed by atoms with van der Waals surface area (Å²) < 4.78 is 0. The molecule has 2 aromatic rings. The van der Waals surface area contributed by atoms with Gasteiger partial charge in [-0.25, -0.2) is 4.79 Å². The number of nitrogens with zero attached hydrogens (tertiary/aromatic N) is 1. The van der Waals surface area contributed by atoms with Gasteiger partial charge >= 0.3 is 11.9 Å². The number of fused-ring (bicyclic) bond motifs is 1. The first kappa shape index (κ1) is 30.6. The number of nitrogens with two attached hydrogens (primary N) is 3. The van der Waals surface area contributed by atoms with Crippen molar-refractivity contribution in [3.05, 3.63) is 36.0 Å². The number of carboxylic acids is 2. The van der Waals surface area contributed by atoms with Crippen LogP contribution >= 0.6 is 0 Å². The number of para-hydroxylation sites is 1. The van der Waals surface area contributed by atoms with E-state index in [1.165, 1.54) is 6.92 Å². The normalized spacial score (nSPS) is 13.9. The van der Waals surface area contributed by atoms with E-state index in [9.17, 15) is 34.2 Å². The number of carboxylic acid groups (broad SMARTS) is 2. The summed E-state index contributed by atoms with van der Waals surface area (Å²) in [5.74, 6) is -5.35. The first-order valence-electron chi connectivity index (χ1n) is 12.1. The molecule has 0 fully saturated rings. The monoisotopic (exact) mass is 546 g/mol. The molecule has 4 unspecified atom stereocenters. The molecule has 0 bridgehead atoms. The van der Waals surface area contributed by atoms with Crippen LogP contribution in [0.3, 0.4) is 0 Å². The Kier molecular flexibility index (Phi) is 11.2. The molecule has 212 valence electrons. The van der Waals surface area contributed by atoms with Crippen LogP contribution < -0.4 is 33.2 Å². The van der Waals surface area contributed by atoms with Gasteiger partial charge in [0, 0.05) is 23.6 Å². The number of aromatic amines is 1. The number of H-pyrrole nitrogens is 1. The second kappa shape index (κ2) is 14.3. The Hall–Kier alpha value is -4.66. The predicted molar refractivity (Wildman–Crippen MR) is 141 cm³/mol. The molecule has 39 heavy (non-hydrogen) atoms.